The molecule has 0 spiro atoms. The molecule has 0 amide bonds. The normalized spacial score (nSPS) is 14.8. The molecule has 0 bridgehead atoms. The third kappa shape index (κ3) is 4.27. The maximum absolute atomic E-state index is 6.08. The average Bonchev–Trinajstić information content (AvgIpc) is 2.33. The molecule has 3 heteroatoms. The summed E-state index contributed by atoms with van der Waals surface area (Å²) in [6.07, 6.45) is 0.161. The summed E-state index contributed by atoms with van der Waals surface area (Å²) in [5.41, 5.74) is 1.19. The SMILES string of the molecule is CCNC(c1cccc(Cl)c1)C(OCC)C(C)C. The van der Waals surface area contributed by atoms with Crippen molar-refractivity contribution >= 4 is 11.6 Å². The number of hydrogen-bond acceptors (Lipinski definition) is 2. The molecule has 1 aromatic carbocycles. The Balaban J connectivity index is 2.99. The molecule has 0 aromatic heterocycles. The van der Waals surface area contributed by atoms with Crippen molar-refractivity contribution < 1.29 is 4.74 Å². The Bertz CT molecular complexity index is 354. The van der Waals surface area contributed by atoms with Gasteiger partial charge in [0.1, 0.15) is 0 Å². The molecular formula is C15H24ClNO. The van der Waals surface area contributed by atoms with Crippen LogP contribution in [0.3, 0.4) is 0 Å². The molecule has 2 atom stereocenters. The lowest BCUT2D eigenvalue weighted by Gasteiger charge is -2.31. The van der Waals surface area contributed by atoms with Crippen molar-refractivity contribution in [2.24, 2.45) is 5.92 Å². The first-order valence-corrected chi connectivity index (χ1v) is 7.08. The molecular weight excluding hydrogens is 246 g/mol. The van der Waals surface area contributed by atoms with Crippen molar-refractivity contribution in [3.8, 4) is 0 Å². The Morgan fingerprint density at radius 3 is 2.50 bits per heavy atom. The summed E-state index contributed by atoms with van der Waals surface area (Å²) >= 11 is 6.08. The summed E-state index contributed by atoms with van der Waals surface area (Å²) in [4.78, 5) is 0. The molecule has 0 saturated heterocycles. The summed E-state index contributed by atoms with van der Waals surface area (Å²) in [6.45, 7) is 10.2. The van der Waals surface area contributed by atoms with Crippen LogP contribution in [0.15, 0.2) is 24.3 Å². The zero-order chi connectivity index (χ0) is 13.5. The van der Waals surface area contributed by atoms with Crippen LogP contribution in [0.1, 0.15) is 39.3 Å². The standard InChI is InChI=1S/C15H24ClNO/c1-5-17-14(15(11(3)4)18-6-2)12-8-7-9-13(16)10-12/h7-11,14-15,17H,5-6H2,1-4H3. The van der Waals surface area contributed by atoms with Gasteiger partial charge in [0.25, 0.3) is 0 Å². The molecule has 1 N–H and O–H groups in total. The highest BCUT2D eigenvalue weighted by Gasteiger charge is 2.25. The number of benzene rings is 1. The van der Waals surface area contributed by atoms with Crippen LogP contribution in [0, 0.1) is 5.92 Å². The third-order valence-electron chi connectivity index (χ3n) is 2.98. The predicted molar refractivity (Wildman–Crippen MR) is 78.1 cm³/mol. The van der Waals surface area contributed by atoms with Gasteiger partial charge in [0.05, 0.1) is 12.1 Å². The third-order valence-corrected chi connectivity index (χ3v) is 3.21. The Morgan fingerprint density at radius 1 is 1.28 bits per heavy atom. The summed E-state index contributed by atoms with van der Waals surface area (Å²) in [5.74, 6) is 0.452. The number of ether oxygens (including phenoxy) is 1. The summed E-state index contributed by atoms with van der Waals surface area (Å²) < 4.78 is 5.91. The summed E-state index contributed by atoms with van der Waals surface area (Å²) in [5, 5.41) is 4.28. The van der Waals surface area contributed by atoms with E-state index < -0.39 is 0 Å². The van der Waals surface area contributed by atoms with Gasteiger partial charge in [0.2, 0.25) is 0 Å². The van der Waals surface area contributed by atoms with Crippen LogP contribution >= 0.6 is 11.6 Å². The Hall–Kier alpha value is -0.570. The zero-order valence-electron chi connectivity index (χ0n) is 11.7. The molecule has 0 heterocycles. The highest BCUT2D eigenvalue weighted by atomic mass is 35.5. The number of halogens is 1. The molecule has 2 unspecified atom stereocenters. The van der Waals surface area contributed by atoms with Crippen molar-refractivity contribution in [3.05, 3.63) is 34.9 Å². The van der Waals surface area contributed by atoms with Gasteiger partial charge in [-0.05, 0) is 37.1 Å². The van der Waals surface area contributed by atoms with Crippen molar-refractivity contribution in [2.75, 3.05) is 13.2 Å². The van der Waals surface area contributed by atoms with E-state index in [-0.39, 0.29) is 12.1 Å². The fraction of sp³-hybridized carbons (Fsp3) is 0.600. The number of rotatable bonds is 7. The molecule has 102 valence electrons. The first kappa shape index (κ1) is 15.5. The van der Waals surface area contributed by atoms with Crippen LogP contribution in [0.25, 0.3) is 0 Å². The number of hydrogen-bond donors (Lipinski definition) is 1. The fourth-order valence-electron chi connectivity index (χ4n) is 2.21. The van der Waals surface area contributed by atoms with Crippen LogP contribution < -0.4 is 5.32 Å². The Labute approximate surface area is 116 Å². The van der Waals surface area contributed by atoms with Gasteiger partial charge in [0.15, 0.2) is 0 Å². The van der Waals surface area contributed by atoms with E-state index in [9.17, 15) is 0 Å². The first-order chi connectivity index (χ1) is 8.60. The largest absolute Gasteiger partial charge is 0.376 e. The smallest absolute Gasteiger partial charge is 0.0792 e. The van der Waals surface area contributed by atoms with Gasteiger partial charge in [-0.3, -0.25) is 0 Å². The Kier molecular flexibility index (Phi) is 6.69. The van der Waals surface area contributed by atoms with Crippen molar-refractivity contribution in [2.45, 2.75) is 39.8 Å². The average molecular weight is 270 g/mol. The van der Waals surface area contributed by atoms with Crippen LogP contribution in [0.4, 0.5) is 0 Å². The molecule has 0 fully saturated rings. The molecule has 0 radical (unpaired) electrons. The summed E-state index contributed by atoms with van der Waals surface area (Å²) in [6, 6.07) is 8.20. The quantitative estimate of drug-likeness (QED) is 0.806. The minimum absolute atomic E-state index is 0.161. The zero-order valence-corrected chi connectivity index (χ0v) is 12.5. The lowest BCUT2D eigenvalue weighted by atomic mass is 9.93. The first-order valence-electron chi connectivity index (χ1n) is 6.70. The minimum Gasteiger partial charge on any atom is -0.376 e. The number of likely N-dealkylation sites (N-methyl/N-ethyl adjacent to an activating group) is 1. The van der Waals surface area contributed by atoms with Crippen molar-refractivity contribution in [3.63, 3.8) is 0 Å². The van der Waals surface area contributed by atoms with Crippen LogP contribution in [-0.2, 0) is 4.74 Å². The molecule has 0 saturated carbocycles. The molecule has 1 aromatic rings. The minimum atomic E-state index is 0.161. The molecule has 0 aliphatic rings. The van der Waals surface area contributed by atoms with Gasteiger partial charge < -0.3 is 10.1 Å². The second kappa shape index (κ2) is 7.78. The second-order valence-corrected chi connectivity index (χ2v) is 5.19. The lowest BCUT2D eigenvalue weighted by Crippen LogP contribution is -2.37. The molecule has 0 aliphatic carbocycles. The van der Waals surface area contributed by atoms with Crippen LogP contribution in [0.2, 0.25) is 5.02 Å². The van der Waals surface area contributed by atoms with E-state index in [1.165, 1.54) is 5.56 Å². The van der Waals surface area contributed by atoms with Gasteiger partial charge in [0, 0.05) is 11.6 Å². The van der Waals surface area contributed by atoms with Gasteiger partial charge in [-0.1, -0.05) is 44.5 Å². The second-order valence-electron chi connectivity index (χ2n) is 4.75. The molecule has 1 rings (SSSR count). The maximum Gasteiger partial charge on any atom is 0.0792 e. The highest BCUT2D eigenvalue weighted by Crippen LogP contribution is 2.26. The molecule has 2 nitrogen and oxygen atoms in total. The van der Waals surface area contributed by atoms with E-state index in [4.69, 9.17) is 16.3 Å². The van der Waals surface area contributed by atoms with E-state index in [1.807, 2.05) is 25.1 Å². The van der Waals surface area contributed by atoms with Gasteiger partial charge >= 0.3 is 0 Å². The van der Waals surface area contributed by atoms with E-state index in [0.29, 0.717) is 5.92 Å². The van der Waals surface area contributed by atoms with Gasteiger partial charge in [-0.25, -0.2) is 0 Å². The number of nitrogens with one attached hydrogen (secondary N) is 1. The van der Waals surface area contributed by atoms with Crippen LogP contribution in [0.5, 0.6) is 0 Å². The predicted octanol–water partition coefficient (Wildman–Crippen LogP) is 4.05. The molecule has 0 aliphatic heterocycles. The van der Waals surface area contributed by atoms with Gasteiger partial charge in [-0.15, -0.1) is 0 Å². The van der Waals surface area contributed by atoms with Crippen molar-refractivity contribution in [1.82, 2.24) is 5.32 Å². The van der Waals surface area contributed by atoms with E-state index in [2.05, 4.69) is 32.2 Å². The van der Waals surface area contributed by atoms with Crippen molar-refractivity contribution in [1.29, 1.82) is 0 Å². The molecule has 18 heavy (non-hydrogen) atoms. The van der Waals surface area contributed by atoms with E-state index >= 15 is 0 Å². The van der Waals surface area contributed by atoms with Crippen LogP contribution in [-0.4, -0.2) is 19.3 Å². The van der Waals surface area contributed by atoms with E-state index in [1.54, 1.807) is 0 Å². The van der Waals surface area contributed by atoms with Gasteiger partial charge in [-0.2, -0.15) is 0 Å². The highest BCUT2D eigenvalue weighted by molar-refractivity contribution is 6.30. The topological polar surface area (TPSA) is 21.3 Å². The lowest BCUT2D eigenvalue weighted by molar-refractivity contribution is 0.00318. The van der Waals surface area contributed by atoms with E-state index in [0.717, 1.165) is 18.2 Å². The summed E-state index contributed by atoms with van der Waals surface area (Å²) in [7, 11) is 0. The monoisotopic (exact) mass is 269 g/mol. The Morgan fingerprint density at radius 2 is 2.00 bits per heavy atom. The fourth-order valence-corrected chi connectivity index (χ4v) is 2.41. The maximum atomic E-state index is 6.08.